The van der Waals surface area contributed by atoms with Gasteiger partial charge in [0.05, 0.1) is 22.9 Å². The Morgan fingerprint density at radius 1 is 1.19 bits per heavy atom. The maximum Gasteiger partial charge on any atom is 0.497 e. The van der Waals surface area contributed by atoms with Gasteiger partial charge in [0.25, 0.3) is 0 Å². The van der Waals surface area contributed by atoms with Crippen molar-refractivity contribution in [3.8, 4) is 5.75 Å². The van der Waals surface area contributed by atoms with E-state index in [4.69, 9.17) is 14.0 Å². The number of rotatable bonds is 1. The van der Waals surface area contributed by atoms with Crippen LogP contribution in [0.3, 0.4) is 0 Å². The molecule has 6 heteroatoms. The third-order valence-corrected chi connectivity index (χ3v) is 4.50. The van der Waals surface area contributed by atoms with Crippen LogP contribution in [0.25, 0.3) is 0 Å². The van der Waals surface area contributed by atoms with Crippen molar-refractivity contribution in [1.82, 2.24) is 0 Å². The van der Waals surface area contributed by atoms with Gasteiger partial charge in [0.1, 0.15) is 18.2 Å². The second-order valence-electron chi connectivity index (χ2n) is 6.81. The van der Waals surface area contributed by atoms with Crippen molar-refractivity contribution >= 4 is 18.3 Å². The first-order chi connectivity index (χ1) is 9.69. The number of halogens is 1. The highest BCUT2D eigenvalue weighted by molar-refractivity contribution is 6.62. The molecule has 0 saturated carbocycles. The van der Waals surface area contributed by atoms with Crippen molar-refractivity contribution in [2.75, 3.05) is 11.9 Å². The Hall–Kier alpha value is -1.27. The van der Waals surface area contributed by atoms with E-state index in [1.807, 2.05) is 34.6 Å². The molecule has 1 atom stereocenters. The molecule has 1 aromatic rings. The molecule has 1 fully saturated rings. The van der Waals surface area contributed by atoms with E-state index in [-0.39, 0.29) is 11.9 Å². The average Bonchev–Trinajstić information content (AvgIpc) is 2.58. The van der Waals surface area contributed by atoms with Gasteiger partial charge in [-0.05, 0) is 40.7 Å². The number of ether oxygens (including phenoxy) is 1. The number of anilines is 1. The van der Waals surface area contributed by atoms with Gasteiger partial charge in [-0.1, -0.05) is 0 Å². The van der Waals surface area contributed by atoms with Gasteiger partial charge in [-0.3, -0.25) is 0 Å². The Balaban J connectivity index is 1.95. The Bertz CT molecular complexity index is 560. The summed E-state index contributed by atoms with van der Waals surface area (Å²) in [7, 11) is -0.709. The Morgan fingerprint density at radius 3 is 2.43 bits per heavy atom. The number of benzene rings is 1. The monoisotopic (exact) mass is 293 g/mol. The van der Waals surface area contributed by atoms with Gasteiger partial charge in [-0.25, -0.2) is 4.39 Å². The third-order valence-electron chi connectivity index (χ3n) is 4.50. The van der Waals surface area contributed by atoms with Crippen LogP contribution >= 0.6 is 0 Å². The van der Waals surface area contributed by atoms with Crippen LogP contribution in [0.4, 0.5) is 10.1 Å². The Labute approximate surface area is 125 Å². The number of fused-ring (bicyclic) bond motifs is 1. The lowest BCUT2D eigenvalue weighted by molar-refractivity contribution is 0.00578. The SMILES string of the molecule is CC1COc2cc(F)c(B3OC(C)(C)C(C)(C)O3)cc2N1. The second kappa shape index (κ2) is 4.61. The second-order valence-corrected chi connectivity index (χ2v) is 6.81. The Morgan fingerprint density at radius 2 is 1.81 bits per heavy atom. The third kappa shape index (κ3) is 2.40. The predicted molar refractivity (Wildman–Crippen MR) is 80.7 cm³/mol. The van der Waals surface area contributed by atoms with Gasteiger partial charge >= 0.3 is 7.12 Å². The first-order valence-electron chi connectivity index (χ1n) is 7.28. The van der Waals surface area contributed by atoms with Crippen molar-refractivity contribution in [1.29, 1.82) is 0 Å². The van der Waals surface area contributed by atoms with Crippen molar-refractivity contribution in [2.45, 2.75) is 51.9 Å². The average molecular weight is 293 g/mol. The van der Waals surface area contributed by atoms with Crippen molar-refractivity contribution < 1.29 is 18.4 Å². The van der Waals surface area contributed by atoms with E-state index in [0.29, 0.717) is 17.8 Å². The fourth-order valence-corrected chi connectivity index (χ4v) is 2.48. The fourth-order valence-electron chi connectivity index (χ4n) is 2.48. The van der Waals surface area contributed by atoms with Crippen LogP contribution in [0, 0.1) is 5.82 Å². The minimum atomic E-state index is -0.709. The molecule has 2 heterocycles. The van der Waals surface area contributed by atoms with Crippen LogP contribution in [-0.2, 0) is 9.31 Å². The van der Waals surface area contributed by atoms with Crippen molar-refractivity contribution in [3.63, 3.8) is 0 Å². The van der Waals surface area contributed by atoms with Crippen LogP contribution in [0.2, 0.25) is 0 Å². The molecule has 2 aliphatic rings. The molecule has 0 bridgehead atoms. The van der Waals surface area contributed by atoms with Crippen LogP contribution in [0.15, 0.2) is 12.1 Å². The van der Waals surface area contributed by atoms with Crippen molar-refractivity contribution in [2.24, 2.45) is 0 Å². The highest BCUT2D eigenvalue weighted by atomic mass is 19.1. The fraction of sp³-hybridized carbons (Fsp3) is 0.600. The van der Waals surface area contributed by atoms with Gasteiger partial charge in [0.2, 0.25) is 0 Å². The summed E-state index contributed by atoms with van der Waals surface area (Å²) < 4.78 is 31.7. The van der Waals surface area contributed by atoms with Crippen LogP contribution in [0.1, 0.15) is 34.6 Å². The van der Waals surface area contributed by atoms with Gasteiger partial charge in [0.15, 0.2) is 0 Å². The molecular weight excluding hydrogens is 272 g/mol. The molecule has 4 nitrogen and oxygen atoms in total. The lowest BCUT2D eigenvalue weighted by Gasteiger charge is -2.32. The summed E-state index contributed by atoms with van der Waals surface area (Å²) in [6, 6.07) is 3.31. The summed E-state index contributed by atoms with van der Waals surface area (Å²) in [5.41, 5.74) is 0.200. The summed E-state index contributed by atoms with van der Waals surface area (Å²) >= 11 is 0. The zero-order valence-electron chi connectivity index (χ0n) is 13.1. The van der Waals surface area contributed by atoms with E-state index in [1.165, 1.54) is 6.07 Å². The summed E-state index contributed by atoms with van der Waals surface area (Å²) in [5.74, 6) is 0.162. The topological polar surface area (TPSA) is 39.7 Å². The molecule has 1 N–H and O–H groups in total. The largest absolute Gasteiger partial charge is 0.497 e. The lowest BCUT2D eigenvalue weighted by atomic mass is 9.78. The van der Waals surface area contributed by atoms with E-state index in [1.54, 1.807) is 6.07 Å². The molecule has 21 heavy (non-hydrogen) atoms. The summed E-state index contributed by atoms with van der Waals surface area (Å²) in [6.07, 6.45) is 0. The molecular formula is C15H21BFNO3. The molecule has 1 aromatic carbocycles. The zero-order chi connectivity index (χ0) is 15.4. The van der Waals surface area contributed by atoms with Crippen molar-refractivity contribution in [3.05, 3.63) is 17.9 Å². The smallest absolute Gasteiger partial charge is 0.489 e. The molecule has 0 aromatic heterocycles. The minimum absolute atomic E-state index is 0.189. The van der Waals surface area contributed by atoms with Crippen LogP contribution < -0.4 is 15.5 Å². The van der Waals surface area contributed by atoms with E-state index in [2.05, 4.69) is 5.32 Å². The van der Waals surface area contributed by atoms with Gasteiger partial charge in [0, 0.05) is 11.5 Å². The van der Waals surface area contributed by atoms with E-state index < -0.39 is 18.3 Å². The highest BCUT2D eigenvalue weighted by Crippen LogP contribution is 2.37. The first kappa shape index (κ1) is 14.7. The summed E-state index contributed by atoms with van der Waals surface area (Å²) in [5, 5.41) is 3.29. The van der Waals surface area contributed by atoms with Gasteiger partial charge < -0.3 is 19.4 Å². The van der Waals surface area contributed by atoms with Crippen LogP contribution in [-0.4, -0.2) is 31.0 Å². The van der Waals surface area contributed by atoms with Gasteiger partial charge in [-0.15, -0.1) is 0 Å². The zero-order valence-corrected chi connectivity index (χ0v) is 13.1. The predicted octanol–water partition coefficient (Wildman–Crippen LogP) is 2.32. The maximum atomic E-state index is 14.4. The minimum Gasteiger partial charge on any atom is -0.489 e. The maximum absolute atomic E-state index is 14.4. The first-order valence-corrected chi connectivity index (χ1v) is 7.28. The number of hydrogen-bond acceptors (Lipinski definition) is 4. The quantitative estimate of drug-likeness (QED) is 0.807. The summed E-state index contributed by atoms with van der Waals surface area (Å²) in [4.78, 5) is 0. The van der Waals surface area contributed by atoms with Crippen LogP contribution in [0.5, 0.6) is 5.75 Å². The molecule has 1 unspecified atom stereocenters. The molecule has 1 saturated heterocycles. The van der Waals surface area contributed by atoms with E-state index >= 15 is 0 Å². The molecule has 2 aliphatic heterocycles. The van der Waals surface area contributed by atoms with E-state index in [9.17, 15) is 4.39 Å². The molecule has 114 valence electrons. The molecule has 0 amide bonds. The highest BCUT2D eigenvalue weighted by Gasteiger charge is 2.52. The lowest BCUT2D eigenvalue weighted by Crippen LogP contribution is -2.41. The molecule has 0 radical (unpaired) electrons. The number of hydrogen-bond donors (Lipinski definition) is 1. The molecule has 3 rings (SSSR count). The normalized spacial score (nSPS) is 26.0. The Kier molecular flexibility index (Phi) is 3.22. The standard InChI is InChI=1S/C15H21BFNO3/c1-9-8-19-13-7-11(17)10(6-12(13)18-9)16-20-14(2,3)15(4,5)21-16/h6-7,9,18H,8H2,1-5H3. The number of nitrogens with one attached hydrogen (secondary N) is 1. The summed E-state index contributed by atoms with van der Waals surface area (Å²) in [6.45, 7) is 10.3. The molecule has 0 aliphatic carbocycles. The van der Waals surface area contributed by atoms with E-state index in [0.717, 1.165) is 5.69 Å². The van der Waals surface area contributed by atoms with Gasteiger partial charge in [-0.2, -0.15) is 0 Å². The molecule has 0 spiro atoms.